The van der Waals surface area contributed by atoms with Crippen LogP contribution in [0.4, 0.5) is 0 Å². The zero-order valence-electron chi connectivity index (χ0n) is 9.28. The van der Waals surface area contributed by atoms with Crippen molar-refractivity contribution in [3.8, 4) is 0 Å². The van der Waals surface area contributed by atoms with Crippen LogP contribution < -0.4 is 11.3 Å². The number of nitrogens with two attached hydrogens (primary N) is 1. The molecule has 1 rings (SSSR count). The topological polar surface area (TPSA) is 47.3 Å². The van der Waals surface area contributed by atoms with E-state index in [-0.39, 0.29) is 6.04 Å². The summed E-state index contributed by atoms with van der Waals surface area (Å²) in [7, 11) is 0. The van der Waals surface area contributed by atoms with Crippen molar-refractivity contribution in [3.63, 3.8) is 0 Å². The predicted molar refractivity (Wildman–Crippen MR) is 62.2 cm³/mol. The SMILES string of the molecule is CCCOCCC(NN)c1ccccc1. The fraction of sp³-hybridized carbons (Fsp3) is 0.500. The first-order valence-electron chi connectivity index (χ1n) is 5.47. The second kappa shape index (κ2) is 7.40. The van der Waals surface area contributed by atoms with Crippen LogP contribution >= 0.6 is 0 Å². The van der Waals surface area contributed by atoms with Gasteiger partial charge in [0.2, 0.25) is 0 Å². The number of ether oxygens (including phenoxy) is 1. The summed E-state index contributed by atoms with van der Waals surface area (Å²) in [4.78, 5) is 0. The highest BCUT2D eigenvalue weighted by molar-refractivity contribution is 5.18. The van der Waals surface area contributed by atoms with Crippen molar-refractivity contribution in [2.45, 2.75) is 25.8 Å². The number of hydrogen-bond acceptors (Lipinski definition) is 3. The summed E-state index contributed by atoms with van der Waals surface area (Å²) >= 11 is 0. The lowest BCUT2D eigenvalue weighted by molar-refractivity contribution is 0.124. The summed E-state index contributed by atoms with van der Waals surface area (Å²) in [5.74, 6) is 5.51. The number of hydrazine groups is 1. The molecule has 3 heteroatoms. The van der Waals surface area contributed by atoms with Crippen LogP contribution in [0.3, 0.4) is 0 Å². The molecule has 0 heterocycles. The third-order valence-electron chi connectivity index (χ3n) is 2.30. The minimum Gasteiger partial charge on any atom is -0.381 e. The van der Waals surface area contributed by atoms with Crippen LogP contribution in [-0.4, -0.2) is 13.2 Å². The zero-order chi connectivity index (χ0) is 10.9. The van der Waals surface area contributed by atoms with Crippen LogP contribution in [0.1, 0.15) is 31.4 Å². The van der Waals surface area contributed by atoms with Crippen molar-refractivity contribution in [1.82, 2.24) is 5.43 Å². The van der Waals surface area contributed by atoms with Crippen molar-refractivity contribution >= 4 is 0 Å². The van der Waals surface area contributed by atoms with Gasteiger partial charge in [0.05, 0.1) is 0 Å². The highest BCUT2D eigenvalue weighted by atomic mass is 16.5. The minimum atomic E-state index is 0.183. The Bertz CT molecular complexity index is 251. The third-order valence-corrected chi connectivity index (χ3v) is 2.30. The molecule has 1 aromatic carbocycles. The molecule has 0 saturated carbocycles. The molecule has 1 unspecified atom stereocenters. The van der Waals surface area contributed by atoms with Crippen molar-refractivity contribution in [2.75, 3.05) is 13.2 Å². The molecule has 0 bridgehead atoms. The molecule has 0 aliphatic heterocycles. The molecule has 3 nitrogen and oxygen atoms in total. The fourth-order valence-corrected chi connectivity index (χ4v) is 1.48. The van der Waals surface area contributed by atoms with Crippen LogP contribution in [0, 0.1) is 0 Å². The molecule has 1 aromatic rings. The number of nitrogens with one attached hydrogen (secondary N) is 1. The van der Waals surface area contributed by atoms with Gasteiger partial charge in [-0.1, -0.05) is 37.3 Å². The van der Waals surface area contributed by atoms with Crippen molar-refractivity contribution in [1.29, 1.82) is 0 Å². The molecule has 0 spiro atoms. The monoisotopic (exact) mass is 208 g/mol. The molecule has 0 saturated heterocycles. The molecule has 84 valence electrons. The summed E-state index contributed by atoms with van der Waals surface area (Å²) < 4.78 is 5.44. The lowest BCUT2D eigenvalue weighted by Crippen LogP contribution is -2.29. The van der Waals surface area contributed by atoms with Gasteiger partial charge in [0.25, 0.3) is 0 Å². The second-order valence-corrected chi connectivity index (χ2v) is 3.53. The Morgan fingerprint density at radius 2 is 2.00 bits per heavy atom. The number of rotatable bonds is 7. The fourth-order valence-electron chi connectivity index (χ4n) is 1.48. The van der Waals surface area contributed by atoms with Gasteiger partial charge in [-0.3, -0.25) is 11.3 Å². The standard InChI is InChI=1S/C12H20N2O/c1-2-9-15-10-8-12(14-13)11-6-4-3-5-7-11/h3-7,12,14H,2,8-10,13H2,1H3. The lowest BCUT2D eigenvalue weighted by atomic mass is 10.1. The molecule has 3 N–H and O–H groups in total. The lowest BCUT2D eigenvalue weighted by Gasteiger charge is -2.16. The van der Waals surface area contributed by atoms with Gasteiger partial charge >= 0.3 is 0 Å². The summed E-state index contributed by atoms with van der Waals surface area (Å²) in [6.45, 7) is 3.68. The van der Waals surface area contributed by atoms with E-state index in [9.17, 15) is 0 Å². The zero-order valence-corrected chi connectivity index (χ0v) is 9.28. The molecule has 1 atom stereocenters. The Balaban J connectivity index is 2.36. The van der Waals surface area contributed by atoms with E-state index in [1.165, 1.54) is 5.56 Å². The molecular formula is C12H20N2O. The highest BCUT2D eigenvalue weighted by Crippen LogP contribution is 2.14. The van der Waals surface area contributed by atoms with Gasteiger partial charge in [-0.25, -0.2) is 0 Å². The van der Waals surface area contributed by atoms with Gasteiger partial charge in [0, 0.05) is 19.3 Å². The molecule has 0 fully saturated rings. The maximum atomic E-state index is 5.51. The first-order valence-corrected chi connectivity index (χ1v) is 5.47. The van der Waals surface area contributed by atoms with Crippen molar-refractivity contribution < 1.29 is 4.74 Å². The average Bonchev–Trinajstić information content (AvgIpc) is 2.30. The smallest absolute Gasteiger partial charge is 0.0484 e. The number of benzene rings is 1. The maximum absolute atomic E-state index is 5.51. The van der Waals surface area contributed by atoms with Gasteiger partial charge < -0.3 is 4.74 Å². The summed E-state index contributed by atoms with van der Waals surface area (Å²) in [6, 6.07) is 10.4. The van der Waals surface area contributed by atoms with E-state index in [0.29, 0.717) is 0 Å². The minimum absolute atomic E-state index is 0.183. The van der Waals surface area contributed by atoms with E-state index in [4.69, 9.17) is 10.6 Å². The average molecular weight is 208 g/mol. The normalized spacial score (nSPS) is 12.7. The summed E-state index contributed by atoms with van der Waals surface area (Å²) in [5, 5.41) is 0. The second-order valence-electron chi connectivity index (χ2n) is 3.53. The Hall–Kier alpha value is -0.900. The van der Waals surface area contributed by atoms with Crippen LogP contribution in [0.5, 0.6) is 0 Å². The predicted octanol–water partition coefficient (Wildman–Crippen LogP) is 2.01. The van der Waals surface area contributed by atoms with Crippen LogP contribution in [-0.2, 0) is 4.74 Å². The van der Waals surface area contributed by atoms with Crippen molar-refractivity contribution in [2.24, 2.45) is 5.84 Å². The molecular weight excluding hydrogens is 188 g/mol. The Labute approximate surface area is 91.6 Å². The molecule has 15 heavy (non-hydrogen) atoms. The van der Waals surface area contributed by atoms with E-state index in [2.05, 4.69) is 24.5 Å². The first-order chi connectivity index (χ1) is 7.38. The Kier molecular flexibility index (Phi) is 6.00. The largest absolute Gasteiger partial charge is 0.381 e. The van der Waals surface area contributed by atoms with E-state index < -0.39 is 0 Å². The molecule has 0 aliphatic rings. The van der Waals surface area contributed by atoms with Crippen molar-refractivity contribution in [3.05, 3.63) is 35.9 Å². The highest BCUT2D eigenvalue weighted by Gasteiger charge is 2.07. The maximum Gasteiger partial charge on any atom is 0.0484 e. The van der Waals surface area contributed by atoms with E-state index in [1.54, 1.807) is 0 Å². The Morgan fingerprint density at radius 1 is 1.27 bits per heavy atom. The van der Waals surface area contributed by atoms with Gasteiger partial charge in [0.1, 0.15) is 0 Å². The molecule has 0 amide bonds. The quantitative estimate of drug-likeness (QED) is 0.409. The Morgan fingerprint density at radius 3 is 2.60 bits per heavy atom. The summed E-state index contributed by atoms with van der Waals surface area (Å²) in [6.07, 6.45) is 1.96. The first kappa shape index (κ1) is 12.2. The number of hydrogen-bond donors (Lipinski definition) is 2. The van der Waals surface area contributed by atoms with E-state index in [0.717, 1.165) is 26.1 Å². The van der Waals surface area contributed by atoms with E-state index >= 15 is 0 Å². The van der Waals surface area contributed by atoms with Crippen LogP contribution in [0.25, 0.3) is 0 Å². The van der Waals surface area contributed by atoms with Gasteiger partial charge in [0.15, 0.2) is 0 Å². The van der Waals surface area contributed by atoms with Gasteiger partial charge in [-0.2, -0.15) is 0 Å². The van der Waals surface area contributed by atoms with Gasteiger partial charge in [-0.05, 0) is 18.4 Å². The molecule has 0 aliphatic carbocycles. The third kappa shape index (κ3) is 4.42. The van der Waals surface area contributed by atoms with Crippen LogP contribution in [0.2, 0.25) is 0 Å². The molecule has 0 radical (unpaired) electrons. The molecule has 0 aromatic heterocycles. The van der Waals surface area contributed by atoms with E-state index in [1.807, 2.05) is 18.2 Å². The summed E-state index contributed by atoms with van der Waals surface area (Å²) in [5.41, 5.74) is 4.02. The van der Waals surface area contributed by atoms with Crippen LogP contribution in [0.15, 0.2) is 30.3 Å². The van der Waals surface area contributed by atoms with Gasteiger partial charge in [-0.15, -0.1) is 0 Å².